The van der Waals surface area contributed by atoms with Crippen molar-refractivity contribution in [2.24, 2.45) is 0 Å². The molecule has 0 aliphatic rings. The monoisotopic (exact) mass is 112 g/mol. The van der Waals surface area contributed by atoms with Gasteiger partial charge in [-0.05, 0) is 0 Å². The van der Waals surface area contributed by atoms with E-state index in [-0.39, 0.29) is 0 Å². The molecule has 42 valence electrons. The number of alkyl halides is 3. The highest BCUT2D eigenvalue weighted by Crippen LogP contribution is 2.08. The molecule has 4 heteroatoms. The molecular formula is C3H3F3O. The Morgan fingerprint density at radius 3 is 2.00 bits per heavy atom. The standard InChI is InChI=1S/C3H3F3O/c4-1-3(5,6)2-7/h2H,1H2. The van der Waals surface area contributed by atoms with Gasteiger partial charge in [0.05, 0.1) is 0 Å². The average molecular weight is 112 g/mol. The third-order valence-corrected chi connectivity index (χ3v) is 0.351. The van der Waals surface area contributed by atoms with E-state index in [2.05, 4.69) is 0 Å². The first-order valence-corrected chi connectivity index (χ1v) is 1.52. The number of carbonyl (C=O) groups is 1. The van der Waals surface area contributed by atoms with Crippen LogP contribution in [0.2, 0.25) is 0 Å². The van der Waals surface area contributed by atoms with Gasteiger partial charge in [0.25, 0.3) is 0 Å². The quantitative estimate of drug-likeness (QED) is 0.482. The van der Waals surface area contributed by atoms with Crippen LogP contribution in [0, 0.1) is 0 Å². The first-order chi connectivity index (χ1) is 3.12. The van der Waals surface area contributed by atoms with Crippen LogP contribution in [-0.2, 0) is 4.79 Å². The van der Waals surface area contributed by atoms with Crippen LogP contribution < -0.4 is 0 Å². The van der Waals surface area contributed by atoms with Crippen LogP contribution >= 0.6 is 0 Å². The largest absolute Gasteiger partial charge is 0.330 e. The van der Waals surface area contributed by atoms with Gasteiger partial charge in [-0.1, -0.05) is 0 Å². The molecular weight excluding hydrogens is 109 g/mol. The van der Waals surface area contributed by atoms with Crippen LogP contribution in [-0.4, -0.2) is 18.9 Å². The van der Waals surface area contributed by atoms with Crippen LogP contribution in [0.25, 0.3) is 0 Å². The maximum absolute atomic E-state index is 11.1. The number of halogens is 3. The van der Waals surface area contributed by atoms with E-state index in [0.717, 1.165) is 0 Å². The van der Waals surface area contributed by atoms with Gasteiger partial charge in [0.15, 0.2) is 13.0 Å². The lowest BCUT2D eigenvalue weighted by Crippen LogP contribution is -2.19. The zero-order valence-electron chi connectivity index (χ0n) is 3.33. The van der Waals surface area contributed by atoms with E-state index in [0.29, 0.717) is 0 Å². The fraction of sp³-hybridized carbons (Fsp3) is 0.667. The maximum Gasteiger partial charge on any atom is 0.330 e. The van der Waals surface area contributed by atoms with Gasteiger partial charge in [0, 0.05) is 0 Å². The molecule has 0 aromatic rings. The molecule has 0 rings (SSSR count). The summed E-state index contributed by atoms with van der Waals surface area (Å²) in [6.07, 6.45) is -0.715. The van der Waals surface area contributed by atoms with Crippen molar-refractivity contribution in [1.29, 1.82) is 0 Å². The van der Waals surface area contributed by atoms with E-state index < -0.39 is 18.9 Å². The summed E-state index contributed by atoms with van der Waals surface area (Å²) in [5, 5.41) is 0. The second-order valence-electron chi connectivity index (χ2n) is 1.01. The second-order valence-corrected chi connectivity index (χ2v) is 1.01. The molecule has 0 N–H and O–H groups in total. The van der Waals surface area contributed by atoms with E-state index in [9.17, 15) is 13.2 Å². The molecule has 0 aliphatic heterocycles. The molecule has 0 heterocycles. The Labute approximate surface area is 38.1 Å². The third-order valence-electron chi connectivity index (χ3n) is 0.351. The van der Waals surface area contributed by atoms with Crippen molar-refractivity contribution < 1.29 is 18.0 Å². The molecule has 0 spiro atoms. The summed E-state index contributed by atoms with van der Waals surface area (Å²) in [4.78, 5) is 9.07. The van der Waals surface area contributed by atoms with E-state index in [4.69, 9.17) is 4.79 Å². The highest BCUT2D eigenvalue weighted by molar-refractivity contribution is 5.59. The summed E-state index contributed by atoms with van der Waals surface area (Å²) in [7, 11) is 0. The fourth-order valence-corrected chi connectivity index (χ4v) is 0.0315. The molecule has 0 atom stereocenters. The van der Waals surface area contributed by atoms with Crippen molar-refractivity contribution >= 4 is 6.29 Å². The second kappa shape index (κ2) is 1.95. The Bertz CT molecular complexity index is 70.6. The molecule has 0 aliphatic carbocycles. The van der Waals surface area contributed by atoms with Crippen LogP contribution in [0.1, 0.15) is 0 Å². The molecule has 0 aromatic heterocycles. The zero-order chi connectivity index (χ0) is 5.91. The van der Waals surface area contributed by atoms with Gasteiger partial charge >= 0.3 is 5.92 Å². The van der Waals surface area contributed by atoms with Crippen LogP contribution in [0.15, 0.2) is 0 Å². The summed E-state index contributed by atoms with van der Waals surface area (Å²) in [6.45, 7) is -1.91. The number of carbonyl (C=O) groups excluding carboxylic acids is 1. The van der Waals surface area contributed by atoms with Gasteiger partial charge in [-0.15, -0.1) is 0 Å². The van der Waals surface area contributed by atoms with Crippen molar-refractivity contribution in [2.75, 3.05) is 6.67 Å². The van der Waals surface area contributed by atoms with Crippen molar-refractivity contribution in [3.63, 3.8) is 0 Å². The Hall–Kier alpha value is -0.540. The first-order valence-electron chi connectivity index (χ1n) is 1.52. The minimum absolute atomic E-state index is 0.715. The maximum atomic E-state index is 11.1. The number of aldehydes is 1. The molecule has 0 fully saturated rings. The predicted octanol–water partition coefficient (Wildman–Crippen LogP) is 0.790. The van der Waals surface area contributed by atoms with Crippen LogP contribution in [0.3, 0.4) is 0 Å². The van der Waals surface area contributed by atoms with Gasteiger partial charge in [-0.3, -0.25) is 4.79 Å². The van der Waals surface area contributed by atoms with Gasteiger partial charge in [-0.25, -0.2) is 4.39 Å². The lowest BCUT2D eigenvalue weighted by molar-refractivity contribution is -0.131. The summed E-state index contributed by atoms with van der Waals surface area (Å²) in [6, 6.07) is 0. The van der Waals surface area contributed by atoms with Crippen molar-refractivity contribution in [2.45, 2.75) is 5.92 Å². The Kier molecular flexibility index (Phi) is 1.80. The highest BCUT2D eigenvalue weighted by atomic mass is 19.3. The minimum atomic E-state index is -3.76. The molecule has 0 radical (unpaired) electrons. The number of hydrogen-bond acceptors (Lipinski definition) is 1. The summed E-state index contributed by atoms with van der Waals surface area (Å²) in [5.41, 5.74) is 0. The Morgan fingerprint density at radius 2 is 2.00 bits per heavy atom. The zero-order valence-corrected chi connectivity index (χ0v) is 3.33. The predicted molar refractivity (Wildman–Crippen MR) is 17.0 cm³/mol. The topological polar surface area (TPSA) is 17.1 Å². The first kappa shape index (κ1) is 6.46. The molecule has 0 bridgehead atoms. The fourth-order valence-electron chi connectivity index (χ4n) is 0.0315. The molecule has 0 aromatic carbocycles. The van der Waals surface area contributed by atoms with Gasteiger partial charge < -0.3 is 0 Å². The summed E-state index contributed by atoms with van der Waals surface area (Å²) >= 11 is 0. The summed E-state index contributed by atoms with van der Waals surface area (Å²) in [5.74, 6) is -3.76. The van der Waals surface area contributed by atoms with Gasteiger partial charge in [0.2, 0.25) is 0 Å². The molecule has 0 saturated heterocycles. The summed E-state index contributed by atoms with van der Waals surface area (Å²) < 4.78 is 33.1. The number of rotatable bonds is 2. The van der Waals surface area contributed by atoms with Crippen molar-refractivity contribution in [3.05, 3.63) is 0 Å². The molecule has 1 nitrogen and oxygen atoms in total. The molecule has 0 unspecified atom stereocenters. The van der Waals surface area contributed by atoms with Crippen LogP contribution in [0.5, 0.6) is 0 Å². The Morgan fingerprint density at radius 1 is 1.57 bits per heavy atom. The van der Waals surface area contributed by atoms with E-state index >= 15 is 0 Å². The number of hydrogen-bond donors (Lipinski definition) is 0. The van der Waals surface area contributed by atoms with Gasteiger partial charge in [-0.2, -0.15) is 8.78 Å². The van der Waals surface area contributed by atoms with Crippen molar-refractivity contribution in [1.82, 2.24) is 0 Å². The third kappa shape index (κ3) is 2.19. The van der Waals surface area contributed by atoms with E-state index in [1.807, 2.05) is 0 Å². The van der Waals surface area contributed by atoms with E-state index in [1.165, 1.54) is 0 Å². The minimum Gasteiger partial charge on any atom is -0.297 e. The smallest absolute Gasteiger partial charge is 0.297 e. The molecule has 0 saturated carbocycles. The molecule has 7 heavy (non-hydrogen) atoms. The molecule has 0 amide bonds. The lowest BCUT2D eigenvalue weighted by Gasteiger charge is -1.97. The van der Waals surface area contributed by atoms with Gasteiger partial charge in [0.1, 0.15) is 0 Å². The van der Waals surface area contributed by atoms with E-state index in [1.54, 1.807) is 0 Å². The lowest BCUT2D eigenvalue weighted by atomic mass is 10.4. The normalized spacial score (nSPS) is 11.3. The average Bonchev–Trinajstić information content (AvgIpc) is 1.68. The highest BCUT2D eigenvalue weighted by Gasteiger charge is 2.27. The Balaban J connectivity index is 3.58. The van der Waals surface area contributed by atoms with Crippen molar-refractivity contribution in [3.8, 4) is 0 Å². The SMILES string of the molecule is O=CC(F)(F)CF. The van der Waals surface area contributed by atoms with Crippen LogP contribution in [0.4, 0.5) is 13.2 Å².